The van der Waals surface area contributed by atoms with Gasteiger partial charge in [-0.1, -0.05) is 20.8 Å². The van der Waals surface area contributed by atoms with E-state index in [4.69, 9.17) is 9.84 Å². The van der Waals surface area contributed by atoms with Gasteiger partial charge in [0.25, 0.3) is 0 Å². The molecular formula is C13H24N2O4. The highest BCUT2D eigenvalue weighted by molar-refractivity contribution is 5.82. The minimum absolute atomic E-state index is 0.0378. The number of hydrogen-bond acceptors (Lipinski definition) is 4. The van der Waals surface area contributed by atoms with E-state index < -0.39 is 5.97 Å². The molecule has 1 fully saturated rings. The Morgan fingerprint density at radius 3 is 2.63 bits per heavy atom. The molecule has 0 spiro atoms. The molecule has 1 heterocycles. The van der Waals surface area contributed by atoms with Gasteiger partial charge in [-0.25, -0.2) is 0 Å². The van der Waals surface area contributed by atoms with Gasteiger partial charge in [-0.05, 0) is 11.8 Å². The lowest BCUT2D eigenvalue weighted by molar-refractivity contribution is -0.138. The van der Waals surface area contributed by atoms with E-state index in [-0.39, 0.29) is 29.8 Å². The maximum Gasteiger partial charge on any atom is 0.305 e. The molecule has 19 heavy (non-hydrogen) atoms. The highest BCUT2D eigenvalue weighted by Crippen LogP contribution is 2.22. The summed E-state index contributed by atoms with van der Waals surface area (Å²) in [7, 11) is 0. The summed E-state index contributed by atoms with van der Waals surface area (Å²) in [6.45, 7) is 7.65. The fourth-order valence-corrected chi connectivity index (χ4v) is 2.16. The number of carbonyl (C=O) groups is 2. The van der Waals surface area contributed by atoms with Crippen molar-refractivity contribution in [2.45, 2.75) is 45.7 Å². The summed E-state index contributed by atoms with van der Waals surface area (Å²) in [5, 5.41) is 14.8. The number of nitrogens with one attached hydrogen (secondary N) is 2. The normalized spacial score (nSPS) is 21.7. The van der Waals surface area contributed by atoms with Crippen molar-refractivity contribution in [3.63, 3.8) is 0 Å². The summed E-state index contributed by atoms with van der Waals surface area (Å²) in [4.78, 5) is 22.9. The average molecular weight is 272 g/mol. The molecule has 1 rings (SSSR count). The fourth-order valence-electron chi connectivity index (χ4n) is 2.16. The van der Waals surface area contributed by atoms with Crippen LogP contribution in [0.1, 0.15) is 33.6 Å². The van der Waals surface area contributed by atoms with Crippen LogP contribution in [0.4, 0.5) is 0 Å². The van der Waals surface area contributed by atoms with Crippen LogP contribution >= 0.6 is 0 Å². The monoisotopic (exact) mass is 272 g/mol. The molecule has 0 radical (unpaired) electrons. The smallest absolute Gasteiger partial charge is 0.305 e. The zero-order valence-corrected chi connectivity index (χ0v) is 11.9. The van der Waals surface area contributed by atoms with E-state index in [0.29, 0.717) is 26.2 Å². The van der Waals surface area contributed by atoms with E-state index >= 15 is 0 Å². The predicted molar refractivity (Wildman–Crippen MR) is 70.9 cm³/mol. The Kier molecular flexibility index (Phi) is 5.75. The molecule has 0 saturated carbocycles. The van der Waals surface area contributed by atoms with Gasteiger partial charge in [0.2, 0.25) is 5.91 Å². The van der Waals surface area contributed by atoms with Crippen molar-refractivity contribution in [3.05, 3.63) is 0 Å². The number of ether oxygens (including phenoxy) is 1. The summed E-state index contributed by atoms with van der Waals surface area (Å²) in [5.41, 5.74) is -0.0378. The molecule has 2 unspecified atom stereocenters. The lowest BCUT2D eigenvalue weighted by Gasteiger charge is -2.29. The van der Waals surface area contributed by atoms with E-state index in [1.807, 2.05) is 20.8 Å². The minimum Gasteiger partial charge on any atom is -0.481 e. The molecule has 1 saturated heterocycles. The molecule has 0 aromatic heterocycles. The zero-order valence-electron chi connectivity index (χ0n) is 11.9. The van der Waals surface area contributed by atoms with Crippen LogP contribution in [0.2, 0.25) is 0 Å². The number of aliphatic carboxylic acids is 1. The van der Waals surface area contributed by atoms with Crippen LogP contribution in [0.3, 0.4) is 0 Å². The van der Waals surface area contributed by atoms with Gasteiger partial charge in [-0.3, -0.25) is 9.59 Å². The Labute approximate surface area is 113 Å². The van der Waals surface area contributed by atoms with Crippen LogP contribution in [0.5, 0.6) is 0 Å². The van der Waals surface area contributed by atoms with Gasteiger partial charge in [0.05, 0.1) is 19.6 Å². The molecule has 0 aromatic carbocycles. The quantitative estimate of drug-likeness (QED) is 0.673. The largest absolute Gasteiger partial charge is 0.481 e. The molecule has 0 bridgehead atoms. The van der Waals surface area contributed by atoms with Crippen LogP contribution in [-0.4, -0.2) is 48.8 Å². The van der Waals surface area contributed by atoms with Crippen molar-refractivity contribution in [1.82, 2.24) is 10.6 Å². The van der Waals surface area contributed by atoms with Crippen molar-refractivity contribution in [1.29, 1.82) is 0 Å². The van der Waals surface area contributed by atoms with Gasteiger partial charge in [-0.15, -0.1) is 0 Å². The highest BCUT2D eigenvalue weighted by atomic mass is 16.5. The summed E-state index contributed by atoms with van der Waals surface area (Å²) in [6.07, 6.45) is 0.565. The molecule has 1 aliphatic heterocycles. The van der Waals surface area contributed by atoms with E-state index in [1.165, 1.54) is 0 Å². The number of rotatable bonds is 5. The first-order chi connectivity index (χ1) is 8.78. The highest BCUT2D eigenvalue weighted by Gasteiger charge is 2.27. The first-order valence-electron chi connectivity index (χ1n) is 6.61. The Morgan fingerprint density at radius 2 is 2.16 bits per heavy atom. The number of carbonyl (C=O) groups excluding carboxylic acids is 1. The van der Waals surface area contributed by atoms with Gasteiger partial charge in [0.1, 0.15) is 6.04 Å². The molecule has 0 aromatic rings. The van der Waals surface area contributed by atoms with Crippen molar-refractivity contribution in [2.75, 3.05) is 19.8 Å². The van der Waals surface area contributed by atoms with Gasteiger partial charge >= 0.3 is 5.97 Å². The standard InChI is InChI=1S/C13H24N2O4/c1-13(2,3)7-9(6-11(16)17)15-12(18)10-8-19-5-4-14-10/h9-10,14H,4-8H2,1-3H3,(H,15,18)(H,16,17). The minimum atomic E-state index is -0.901. The molecule has 2 atom stereocenters. The lowest BCUT2D eigenvalue weighted by Crippen LogP contribution is -2.54. The van der Waals surface area contributed by atoms with Gasteiger partial charge < -0.3 is 20.5 Å². The van der Waals surface area contributed by atoms with Crippen LogP contribution in [-0.2, 0) is 14.3 Å². The van der Waals surface area contributed by atoms with Crippen LogP contribution < -0.4 is 10.6 Å². The zero-order chi connectivity index (χ0) is 14.5. The van der Waals surface area contributed by atoms with Gasteiger partial charge in [0.15, 0.2) is 0 Å². The predicted octanol–water partition coefficient (Wildman–Crippen LogP) is 0.371. The van der Waals surface area contributed by atoms with Crippen LogP contribution in [0, 0.1) is 5.41 Å². The third-order valence-electron chi connectivity index (χ3n) is 2.86. The first-order valence-corrected chi connectivity index (χ1v) is 6.61. The molecule has 3 N–H and O–H groups in total. The molecule has 110 valence electrons. The second-order valence-corrected chi connectivity index (χ2v) is 6.15. The number of hydrogen-bond donors (Lipinski definition) is 3. The number of morpholine rings is 1. The van der Waals surface area contributed by atoms with Crippen molar-refractivity contribution < 1.29 is 19.4 Å². The number of carboxylic acids is 1. The van der Waals surface area contributed by atoms with E-state index in [2.05, 4.69) is 10.6 Å². The first kappa shape index (κ1) is 15.9. The fraction of sp³-hybridized carbons (Fsp3) is 0.846. The van der Waals surface area contributed by atoms with Crippen molar-refractivity contribution in [3.8, 4) is 0 Å². The van der Waals surface area contributed by atoms with E-state index in [1.54, 1.807) is 0 Å². The number of carboxylic acid groups (broad SMARTS) is 1. The maximum absolute atomic E-state index is 12.0. The Hall–Kier alpha value is -1.14. The van der Waals surface area contributed by atoms with Gasteiger partial charge in [-0.2, -0.15) is 0 Å². The Balaban J connectivity index is 2.54. The molecule has 6 nitrogen and oxygen atoms in total. The molecule has 1 amide bonds. The third kappa shape index (κ3) is 6.54. The second kappa shape index (κ2) is 6.86. The van der Waals surface area contributed by atoms with Crippen LogP contribution in [0.25, 0.3) is 0 Å². The SMILES string of the molecule is CC(C)(C)CC(CC(=O)O)NC(=O)C1COCCN1. The van der Waals surface area contributed by atoms with E-state index in [0.717, 1.165) is 0 Å². The lowest BCUT2D eigenvalue weighted by atomic mass is 9.87. The van der Waals surface area contributed by atoms with Crippen molar-refractivity contribution >= 4 is 11.9 Å². The third-order valence-corrected chi connectivity index (χ3v) is 2.86. The molecular weight excluding hydrogens is 248 g/mol. The molecule has 0 aliphatic carbocycles. The maximum atomic E-state index is 12.0. The second-order valence-electron chi connectivity index (χ2n) is 6.15. The molecule has 6 heteroatoms. The van der Waals surface area contributed by atoms with Crippen LogP contribution in [0.15, 0.2) is 0 Å². The van der Waals surface area contributed by atoms with Gasteiger partial charge in [0, 0.05) is 12.6 Å². The van der Waals surface area contributed by atoms with E-state index in [9.17, 15) is 9.59 Å². The topological polar surface area (TPSA) is 87.7 Å². The summed E-state index contributed by atoms with van der Waals surface area (Å²) >= 11 is 0. The summed E-state index contributed by atoms with van der Waals surface area (Å²) in [5.74, 6) is -1.09. The summed E-state index contributed by atoms with van der Waals surface area (Å²) in [6, 6.07) is -0.737. The summed E-state index contributed by atoms with van der Waals surface area (Å²) < 4.78 is 5.23. The Bertz CT molecular complexity index is 319. The molecule has 1 aliphatic rings. The average Bonchev–Trinajstić information content (AvgIpc) is 2.26. The Morgan fingerprint density at radius 1 is 1.47 bits per heavy atom. The van der Waals surface area contributed by atoms with Crippen molar-refractivity contribution in [2.24, 2.45) is 5.41 Å². The number of amides is 1.